The van der Waals surface area contributed by atoms with Gasteiger partial charge in [0.05, 0.1) is 5.60 Å². The summed E-state index contributed by atoms with van der Waals surface area (Å²) >= 11 is 0. The quantitative estimate of drug-likeness (QED) is 0.746. The molecule has 1 aromatic carbocycles. The van der Waals surface area contributed by atoms with E-state index in [1.807, 2.05) is 6.07 Å². The van der Waals surface area contributed by atoms with Crippen molar-refractivity contribution in [3.05, 3.63) is 35.9 Å². The fourth-order valence-corrected chi connectivity index (χ4v) is 2.30. The average molecular weight is 191 g/mol. The SMILES string of the molecule is NCC1(O)CCC(c2ccccc2)C1. The van der Waals surface area contributed by atoms with E-state index in [1.54, 1.807) is 0 Å². The molecule has 3 N–H and O–H groups in total. The normalized spacial score (nSPS) is 32.0. The van der Waals surface area contributed by atoms with Crippen LogP contribution in [-0.4, -0.2) is 17.3 Å². The zero-order valence-electron chi connectivity index (χ0n) is 8.32. The van der Waals surface area contributed by atoms with Crippen molar-refractivity contribution in [2.45, 2.75) is 30.8 Å². The van der Waals surface area contributed by atoms with Gasteiger partial charge in [0.1, 0.15) is 0 Å². The minimum atomic E-state index is -0.611. The second-order valence-corrected chi connectivity index (χ2v) is 4.28. The van der Waals surface area contributed by atoms with Crippen LogP contribution >= 0.6 is 0 Å². The van der Waals surface area contributed by atoms with E-state index in [0.29, 0.717) is 12.5 Å². The zero-order valence-corrected chi connectivity index (χ0v) is 8.32. The van der Waals surface area contributed by atoms with Gasteiger partial charge in [-0.1, -0.05) is 30.3 Å². The molecule has 0 amide bonds. The van der Waals surface area contributed by atoms with Crippen LogP contribution in [0.15, 0.2) is 30.3 Å². The second-order valence-electron chi connectivity index (χ2n) is 4.28. The van der Waals surface area contributed by atoms with Crippen LogP contribution < -0.4 is 5.73 Å². The van der Waals surface area contributed by atoms with Crippen LogP contribution in [0, 0.1) is 0 Å². The van der Waals surface area contributed by atoms with Crippen molar-refractivity contribution in [2.75, 3.05) is 6.54 Å². The first-order chi connectivity index (χ1) is 6.73. The molecular weight excluding hydrogens is 174 g/mol. The van der Waals surface area contributed by atoms with Gasteiger partial charge in [-0.2, -0.15) is 0 Å². The van der Waals surface area contributed by atoms with Gasteiger partial charge in [-0.05, 0) is 30.7 Å². The Hall–Kier alpha value is -0.860. The smallest absolute Gasteiger partial charge is 0.0775 e. The molecule has 76 valence electrons. The van der Waals surface area contributed by atoms with Crippen molar-refractivity contribution in [3.8, 4) is 0 Å². The van der Waals surface area contributed by atoms with Crippen molar-refractivity contribution >= 4 is 0 Å². The van der Waals surface area contributed by atoms with E-state index in [2.05, 4.69) is 24.3 Å². The highest BCUT2D eigenvalue weighted by Crippen LogP contribution is 2.40. The number of benzene rings is 1. The van der Waals surface area contributed by atoms with E-state index in [4.69, 9.17) is 5.73 Å². The van der Waals surface area contributed by atoms with Crippen LogP contribution in [-0.2, 0) is 0 Å². The molecule has 2 nitrogen and oxygen atoms in total. The summed E-state index contributed by atoms with van der Waals surface area (Å²) in [5.74, 6) is 0.491. The largest absolute Gasteiger partial charge is 0.389 e. The molecule has 1 fully saturated rings. The first-order valence-corrected chi connectivity index (χ1v) is 5.21. The molecule has 0 radical (unpaired) electrons. The fourth-order valence-electron chi connectivity index (χ4n) is 2.30. The van der Waals surface area contributed by atoms with Crippen LogP contribution in [0.5, 0.6) is 0 Å². The van der Waals surface area contributed by atoms with Crippen LogP contribution in [0.3, 0.4) is 0 Å². The maximum absolute atomic E-state index is 10.0. The topological polar surface area (TPSA) is 46.2 Å². The van der Waals surface area contributed by atoms with E-state index in [0.717, 1.165) is 19.3 Å². The van der Waals surface area contributed by atoms with Crippen molar-refractivity contribution < 1.29 is 5.11 Å². The molecule has 0 spiro atoms. The molecule has 1 aliphatic rings. The molecule has 0 aromatic heterocycles. The summed E-state index contributed by atoms with van der Waals surface area (Å²) in [6, 6.07) is 10.4. The molecule has 2 heteroatoms. The number of hydrogen-bond acceptors (Lipinski definition) is 2. The summed E-state index contributed by atoms with van der Waals surface area (Å²) in [4.78, 5) is 0. The van der Waals surface area contributed by atoms with Crippen LogP contribution in [0.2, 0.25) is 0 Å². The highest BCUT2D eigenvalue weighted by atomic mass is 16.3. The molecule has 0 bridgehead atoms. The maximum atomic E-state index is 10.0. The van der Waals surface area contributed by atoms with Crippen molar-refractivity contribution in [3.63, 3.8) is 0 Å². The van der Waals surface area contributed by atoms with E-state index in [1.165, 1.54) is 5.56 Å². The fraction of sp³-hybridized carbons (Fsp3) is 0.500. The van der Waals surface area contributed by atoms with Crippen LogP contribution in [0.1, 0.15) is 30.7 Å². The first-order valence-electron chi connectivity index (χ1n) is 5.21. The molecule has 14 heavy (non-hydrogen) atoms. The number of nitrogens with two attached hydrogens (primary N) is 1. The van der Waals surface area contributed by atoms with Crippen molar-refractivity contribution in [2.24, 2.45) is 5.73 Å². The second kappa shape index (κ2) is 3.71. The van der Waals surface area contributed by atoms with E-state index >= 15 is 0 Å². The van der Waals surface area contributed by atoms with Gasteiger partial charge in [-0.25, -0.2) is 0 Å². The van der Waals surface area contributed by atoms with Crippen LogP contribution in [0.4, 0.5) is 0 Å². The zero-order chi connectivity index (χ0) is 10.0. The first kappa shape index (κ1) is 9.69. The van der Waals surface area contributed by atoms with E-state index in [9.17, 15) is 5.11 Å². The van der Waals surface area contributed by atoms with E-state index in [-0.39, 0.29) is 0 Å². The molecule has 1 saturated carbocycles. The highest BCUT2D eigenvalue weighted by Gasteiger charge is 2.36. The molecule has 2 unspecified atom stereocenters. The highest BCUT2D eigenvalue weighted by molar-refractivity contribution is 5.21. The lowest BCUT2D eigenvalue weighted by Crippen LogP contribution is -2.34. The molecular formula is C12H17NO. The molecule has 0 aliphatic heterocycles. The summed E-state index contributed by atoms with van der Waals surface area (Å²) in [6.45, 7) is 0.385. The van der Waals surface area contributed by atoms with Crippen molar-refractivity contribution in [1.82, 2.24) is 0 Å². The Balaban J connectivity index is 2.10. The summed E-state index contributed by atoms with van der Waals surface area (Å²) < 4.78 is 0. The van der Waals surface area contributed by atoms with Gasteiger partial charge in [0.2, 0.25) is 0 Å². The average Bonchev–Trinajstić information content (AvgIpc) is 2.63. The lowest BCUT2D eigenvalue weighted by molar-refractivity contribution is 0.0554. The third-order valence-electron chi connectivity index (χ3n) is 3.24. The predicted molar refractivity (Wildman–Crippen MR) is 57.0 cm³/mol. The van der Waals surface area contributed by atoms with Crippen LogP contribution in [0.25, 0.3) is 0 Å². The third-order valence-corrected chi connectivity index (χ3v) is 3.24. The molecule has 2 rings (SSSR count). The molecule has 1 aromatic rings. The van der Waals surface area contributed by atoms with Gasteiger partial charge in [0.15, 0.2) is 0 Å². The van der Waals surface area contributed by atoms with Gasteiger partial charge >= 0.3 is 0 Å². The molecule has 2 atom stereocenters. The Morgan fingerprint density at radius 2 is 2.07 bits per heavy atom. The van der Waals surface area contributed by atoms with Gasteiger partial charge in [0.25, 0.3) is 0 Å². The third kappa shape index (κ3) is 1.81. The molecule has 0 saturated heterocycles. The molecule has 0 heterocycles. The summed E-state index contributed by atoms with van der Waals surface area (Å²) in [6.07, 6.45) is 2.70. The lowest BCUT2D eigenvalue weighted by atomic mass is 9.95. The Labute approximate surface area is 84.7 Å². The minimum Gasteiger partial charge on any atom is -0.389 e. The summed E-state index contributed by atoms with van der Waals surface area (Å²) in [5, 5.41) is 10.0. The number of aliphatic hydroxyl groups is 1. The Morgan fingerprint density at radius 1 is 1.36 bits per heavy atom. The van der Waals surface area contributed by atoms with Crippen molar-refractivity contribution in [1.29, 1.82) is 0 Å². The Bertz CT molecular complexity index is 298. The Kier molecular flexibility index (Phi) is 2.57. The number of rotatable bonds is 2. The minimum absolute atomic E-state index is 0.385. The van der Waals surface area contributed by atoms with Gasteiger partial charge in [0, 0.05) is 6.54 Å². The summed E-state index contributed by atoms with van der Waals surface area (Å²) in [7, 11) is 0. The number of hydrogen-bond donors (Lipinski definition) is 2. The van der Waals surface area contributed by atoms with E-state index < -0.39 is 5.60 Å². The van der Waals surface area contributed by atoms with Gasteiger partial charge in [-0.3, -0.25) is 0 Å². The Morgan fingerprint density at radius 3 is 2.64 bits per heavy atom. The van der Waals surface area contributed by atoms with Gasteiger partial charge in [-0.15, -0.1) is 0 Å². The summed E-state index contributed by atoms with van der Waals surface area (Å²) in [5.41, 5.74) is 6.28. The molecule has 1 aliphatic carbocycles. The maximum Gasteiger partial charge on any atom is 0.0775 e. The lowest BCUT2D eigenvalue weighted by Gasteiger charge is -2.20. The standard InChI is InChI=1S/C12H17NO/c13-9-12(14)7-6-11(8-12)10-4-2-1-3-5-10/h1-5,11,14H,6-9,13H2. The van der Waals surface area contributed by atoms with Gasteiger partial charge < -0.3 is 10.8 Å². The monoisotopic (exact) mass is 191 g/mol. The predicted octanol–water partition coefficient (Wildman–Crippen LogP) is 1.64.